The molecule has 0 saturated carbocycles. The lowest BCUT2D eigenvalue weighted by molar-refractivity contribution is -0.117. The van der Waals surface area contributed by atoms with Crippen LogP contribution in [0.2, 0.25) is 0 Å². The van der Waals surface area contributed by atoms with Gasteiger partial charge in [0.2, 0.25) is 11.8 Å². The van der Waals surface area contributed by atoms with E-state index in [1.807, 2.05) is 30.0 Å². The Balaban J connectivity index is 0.000000189. The molecule has 4 aliphatic heterocycles. The summed E-state index contributed by atoms with van der Waals surface area (Å²) in [5, 5.41) is 3.57. The maximum atomic E-state index is 12.0. The van der Waals surface area contributed by atoms with Gasteiger partial charge in [-0.25, -0.2) is 9.59 Å². The van der Waals surface area contributed by atoms with Crippen LogP contribution in [0.3, 0.4) is 0 Å². The number of hydrogen-bond acceptors (Lipinski definition) is 8. The topological polar surface area (TPSA) is 161 Å². The first-order chi connectivity index (χ1) is 22.5. The molecule has 4 heterocycles. The molecule has 0 aromatic heterocycles. The molecular weight excluding hydrogens is 760 g/mol. The minimum Gasteiger partial charge on any atom is -0.450 e. The standard InChI is InChI=1S/C16H20BrN3O3.C14H17BrN2O2.C2H4ClNO/c1-2-23-16(22)19-7-6-13-11(8-19)10-4-3-5-12(17)15(10)20(13)9-14(18)21;1-2-19-14(18)17-7-6-12-10(8-17)9-4-3-5-11(15)13(9)16-12;3-1-2(4)5/h3-5,11,13H,2,6-9H2,1H3,(H2,18,21);3-5,10,12,16H,2,6-8H2,1H3;1H2,(H2,4,5)/t11-,13-;10-,12-;/m00./s1. The van der Waals surface area contributed by atoms with Gasteiger partial charge in [-0.05, 0) is 81.8 Å². The van der Waals surface area contributed by atoms with E-state index in [1.54, 1.807) is 11.8 Å². The van der Waals surface area contributed by atoms with E-state index in [1.165, 1.54) is 11.3 Å². The monoisotopic (exact) mass is 798 g/mol. The average Bonchev–Trinajstić information content (AvgIpc) is 3.58. The zero-order valence-corrected chi connectivity index (χ0v) is 30.4. The SMILES string of the molecule is CCOC(=O)N1CC[C@@H]2Nc3c(Br)cccc3[C@@H]2C1.CCOC(=O)N1CC[C@H]2[C@@H](C1)c1cccc(Br)c1N2CC(N)=O.NC(=O)CCl. The molecule has 2 aromatic carbocycles. The second-order valence-electron chi connectivity index (χ2n) is 11.5. The fourth-order valence-electron chi connectivity index (χ4n) is 6.67. The van der Waals surface area contributed by atoms with Gasteiger partial charge in [0.25, 0.3) is 0 Å². The van der Waals surface area contributed by atoms with Crippen LogP contribution in [-0.2, 0) is 19.1 Å². The highest BCUT2D eigenvalue weighted by Crippen LogP contribution is 2.48. The Kier molecular flexibility index (Phi) is 13.0. The molecule has 0 aliphatic carbocycles. The average molecular weight is 801 g/mol. The highest BCUT2D eigenvalue weighted by Gasteiger charge is 2.44. The van der Waals surface area contributed by atoms with E-state index in [0.29, 0.717) is 38.3 Å². The molecule has 6 rings (SSSR count). The maximum Gasteiger partial charge on any atom is 0.409 e. The predicted molar refractivity (Wildman–Crippen MR) is 188 cm³/mol. The summed E-state index contributed by atoms with van der Waals surface area (Å²) in [5.74, 6) is -0.377. The number of nitrogens with two attached hydrogens (primary N) is 2. The van der Waals surface area contributed by atoms with E-state index in [2.05, 4.69) is 66.0 Å². The number of nitrogens with zero attached hydrogens (tertiary/aromatic N) is 3. The fourth-order valence-corrected chi connectivity index (χ4v) is 7.78. The number of likely N-dealkylation sites (tertiary alicyclic amines) is 2. The van der Waals surface area contributed by atoms with Crippen LogP contribution in [0.1, 0.15) is 49.7 Å². The third-order valence-electron chi connectivity index (χ3n) is 8.58. The van der Waals surface area contributed by atoms with E-state index in [-0.39, 0.29) is 42.5 Å². The van der Waals surface area contributed by atoms with Crippen molar-refractivity contribution in [3.8, 4) is 0 Å². The van der Waals surface area contributed by atoms with Gasteiger partial charge < -0.3 is 41.0 Å². The van der Waals surface area contributed by atoms with Gasteiger partial charge >= 0.3 is 12.2 Å². The molecule has 2 fully saturated rings. The Hall–Kier alpha value is -3.23. The largest absolute Gasteiger partial charge is 0.450 e. The first-order valence-corrected chi connectivity index (χ1v) is 17.7. The van der Waals surface area contributed by atoms with Crippen molar-refractivity contribution in [2.75, 3.05) is 62.0 Å². The molecule has 0 spiro atoms. The number of anilines is 2. The second-order valence-corrected chi connectivity index (χ2v) is 13.5. The maximum absolute atomic E-state index is 12.0. The molecule has 2 saturated heterocycles. The summed E-state index contributed by atoms with van der Waals surface area (Å²) >= 11 is 12.0. The smallest absolute Gasteiger partial charge is 0.409 e. The van der Waals surface area contributed by atoms with Crippen LogP contribution < -0.4 is 21.7 Å². The summed E-state index contributed by atoms with van der Waals surface area (Å²) in [6, 6.07) is 12.9. The van der Waals surface area contributed by atoms with E-state index >= 15 is 0 Å². The summed E-state index contributed by atoms with van der Waals surface area (Å²) in [7, 11) is 0. The van der Waals surface area contributed by atoms with Gasteiger partial charge in [-0.15, -0.1) is 11.6 Å². The molecule has 4 aliphatic rings. The van der Waals surface area contributed by atoms with Crippen LogP contribution in [0.25, 0.3) is 0 Å². The highest BCUT2D eigenvalue weighted by molar-refractivity contribution is 9.11. The van der Waals surface area contributed by atoms with Gasteiger partial charge in [0.1, 0.15) is 5.88 Å². The molecule has 4 amide bonds. The number of amides is 4. The molecule has 12 nitrogen and oxygen atoms in total. The van der Waals surface area contributed by atoms with Crippen molar-refractivity contribution >= 4 is 78.8 Å². The van der Waals surface area contributed by atoms with Gasteiger partial charge in [-0.3, -0.25) is 9.59 Å². The third kappa shape index (κ3) is 8.63. The van der Waals surface area contributed by atoms with E-state index in [0.717, 1.165) is 46.1 Å². The number of halogens is 3. The van der Waals surface area contributed by atoms with Gasteiger partial charge in [-0.1, -0.05) is 24.3 Å². The predicted octanol–water partition coefficient (Wildman–Crippen LogP) is 4.97. The number of piperidine rings is 2. The molecular formula is C32H41Br2ClN6O6. The number of fused-ring (bicyclic) bond motifs is 6. The van der Waals surface area contributed by atoms with Crippen molar-refractivity contribution in [3.63, 3.8) is 0 Å². The zero-order chi connectivity index (χ0) is 34.2. The number of para-hydroxylation sites is 2. The van der Waals surface area contributed by atoms with E-state index < -0.39 is 5.91 Å². The molecule has 256 valence electrons. The van der Waals surface area contributed by atoms with Gasteiger partial charge in [0.05, 0.1) is 31.1 Å². The van der Waals surface area contributed by atoms with Crippen LogP contribution in [0, 0.1) is 0 Å². The normalized spacial score (nSPS) is 21.7. The summed E-state index contributed by atoms with van der Waals surface area (Å²) in [6.07, 6.45) is 1.29. The number of carbonyl (C=O) groups is 4. The van der Waals surface area contributed by atoms with Crippen LogP contribution >= 0.6 is 43.5 Å². The quantitative estimate of drug-likeness (QED) is 0.358. The molecule has 4 atom stereocenters. The number of ether oxygens (including phenoxy) is 2. The first-order valence-electron chi connectivity index (χ1n) is 15.6. The third-order valence-corrected chi connectivity index (χ3v) is 10.1. The molecule has 0 unspecified atom stereocenters. The number of hydrogen-bond donors (Lipinski definition) is 3. The Morgan fingerprint density at radius 1 is 0.851 bits per heavy atom. The van der Waals surface area contributed by atoms with E-state index in [9.17, 15) is 19.2 Å². The number of primary amides is 2. The van der Waals surface area contributed by atoms with Crippen molar-refractivity contribution in [3.05, 3.63) is 56.5 Å². The lowest BCUT2D eigenvalue weighted by Gasteiger charge is -2.38. The van der Waals surface area contributed by atoms with Crippen LogP contribution in [-0.4, -0.2) is 97.7 Å². The Morgan fingerprint density at radius 2 is 1.40 bits per heavy atom. The summed E-state index contributed by atoms with van der Waals surface area (Å²) in [4.78, 5) is 50.5. The Bertz CT molecular complexity index is 1470. The lowest BCUT2D eigenvalue weighted by Crippen LogP contribution is -2.50. The Labute approximate surface area is 296 Å². The van der Waals surface area contributed by atoms with Crippen molar-refractivity contribution in [1.29, 1.82) is 0 Å². The number of alkyl halides is 1. The molecule has 0 bridgehead atoms. The molecule has 5 N–H and O–H groups in total. The van der Waals surface area contributed by atoms with Crippen molar-refractivity contribution in [1.82, 2.24) is 9.80 Å². The fraction of sp³-hybridized carbons (Fsp3) is 0.500. The van der Waals surface area contributed by atoms with Crippen LogP contribution in [0.4, 0.5) is 21.0 Å². The summed E-state index contributed by atoms with van der Waals surface area (Å²) in [6.45, 7) is 7.37. The second kappa shape index (κ2) is 16.7. The first kappa shape index (κ1) is 36.6. The zero-order valence-electron chi connectivity index (χ0n) is 26.4. The van der Waals surface area contributed by atoms with Crippen molar-refractivity contribution in [2.24, 2.45) is 11.5 Å². The molecule has 15 heteroatoms. The summed E-state index contributed by atoms with van der Waals surface area (Å²) < 4.78 is 12.3. The number of benzene rings is 2. The Morgan fingerprint density at radius 3 is 1.98 bits per heavy atom. The summed E-state index contributed by atoms with van der Waals surface area (Å²) in [5.41, 5.74) is 14.6. The minimum atomic E-state index is -0.480. The molecule has 47 heavy (non-hydrogen) atoms. The van der Waals surface area contributed by atoms with E-state index in [4.69, 9.17) is 26.8 Å². The van der Waals surface area contributed by atoms with Crippen molar-refractivity contribution < 1.29 is 28.7 Å². The van der Waals surface area contributed by atoms with Crippen LogP contribution in [0.5, 0.6) is 0 Å². The highest BCUT2D eigenvalue weighted by atomic mass is 79.9. The lowest BCUT2D eigenvalue weighted by atomic mass is 9.89. The molecule has 2 aromatic rings. The van der Waals surface area contributed by atoms with Gasteiger partial charge in [0.15, 0.2) is 0 Å². The van der Waals surface area contributed by atoms with Crippen molar-refractivity contribution in [2.45, 2.75) is 50.6 Å². The number of carbonyl (C=O) groups excluding carboxylic acids is 4. The number of nitrogens with one attached hydrogen (secondary N) is 1. The number of rotatable bonds is 5. The minimum absolute atomic E-state index is 0.0833. The van der Waals surface area contributed by atoms with Gasteiger partial charge in [0, 0.05) is 59.0 Å². The molecule has 0 radical (unpaired) electrons. The van der Waals surface area contributed by atoms with Crippen LogP contribution in [0.15, 0.2) is 45.3 Å². The van der Waals surface area contributed by atoms with Gasteiger partial charge in [-0.2, -0.15) is 0 Å².